The number of anilines is 1. The molecule has 0 spiro atoms. The molecule has 0 saturated carbocycles. The van der Waals surface area contributed by atoms with E-state index in [9.17, 15) is 14.0 Å². The highest BCUT2D eigenvalue weighted by molar-refractivity contribution is 6.04. The quantitative estimate of drug-likeness (QED) is 0.432. The molecule has 2 amide bonds. The SMILES string of the molecule is CNC(=O)c1cc(-c2cc(-c3cc(NC(=O)c4ccnc(C(C)(C)F)c4)ccn3)ccn2)ccn1. The second-order valence-electron chi connectivity index (χ2n) is 8.22. The first-order valence-electron chi connectivity index (χ1n) is 10.8. The third kappa shape index (κ3) is 5.52. The van der Waals surface area contributed by atoms with Crippen LogP contribution in [-0.2, 0) is 5.67 Å². The Morgan fingerprint density at radius 1 is 0.771 bits per heavy atom. The van der Waals surface area contributed by atoms with Gasteiger partial charge in [-0.1, -0.05) is 0 Å². The van der Waals surface area contributed by atoms with E-state index in [0.717, 1.165) is 11.1 Å². The number of rotatable bonds is 6. The lowest BCUT2D eigenvalue weighted by molar-refractivity contribution is 0.0957. The first-order valence-corrected chi connectivity index (χ1v) is 10.8. The fraction of sp³-hybridized carbons (Fsp3) is 0.154. The van der Waals surface area contributed by atoms with Crippen LogP contribution in [0.4, 0.5) is 10.1 Å². The van der Waals surface area contributed by atoms with Gasteiger partial charge in [0, 0.05) is 54.2 Å². The van der Waals surface area contributed by atoms with Crippen molar-refractivity contribution in [2.45, 2.75) is 19.5 Å². The summed E-state index contributed by atoms with van der Waals surface area (Å²) in [5.41, 5.74) is 2.41. The number of nitrogens with zero attached hydrogens (tertiary/aromatic N) is 4. The maximum atomic E-state index is 14.2. The molecule has 0 aliphatic carbocycles. The Labute approximate surface area is 201 Å². The highest BCUT2D eigenvalue weighted by atomic mass is 19.1. The molecule has 4 heterocycles. The van der Waals surface area contributed by atoms with Crippen LogP contribution in [-0.4, -0.2) is 38.8 Å². The average molecular weight is 471 g/mol. The van der Waals surface area contributed by atoms with Crippen LogP contribution in [0.1, 0.15) is 40.4 Å². The zero-order valence-electron chi connectivity index (χ0n) is 19.4. The van der Waals surface area contributed by atoms with E-state index in [4.69, 9.17) is 0 Å². The highest BCUT2D eigenvalue weighted by Gasteiger charge is 2.22. The molecule has 4 aromatic rings. The summed E-state index contributed by atoms with van der Waals surface area (Å²) in [7, 11) is 1.54. The second kappa shape index (κ2) is 9.76. The number of amides is 2. The molecular weight excluding hydrogens is 447 g/mol. The lowest BCUT2D eigenvalue weighted by Crippen LogP contribution is -2.19. The molecule has 0 fully saturated rings. The normalized spacial score (nSPS) is 11.1. The van der Waals surface area contributed by atoms with E-state index in [2.05, 4.69) is 30.6 Å². The van der Waals surface area contributed by atoms with Gasteiger partial charge >= 0.3 is 0 Å². The van der Waals surface area contributed by atoms with Gasteiger partial charge in [-0.15, -0.1) is 0 Å². The van der Waals surface area contributed by atoms with Crippen LogP contribution < -0.4 is 10.6 Å². The van der Waals surface area contributed by atoms with E-state index >= 15 is 0 Å². The van der Waals surface area contributed by atoms with Crippen molar-refractivity contribution in [1.82, 2.24) is 25.3 Å². The van der Waals surface area contributed by atoms with Crippen molar-refractivity contribution in [3.05, 3.63) is 90.3 Å². The molecular formula is C26H23FN6O2. The van der Waals surface area contributed by atoms with E-state index < -0.39 is 5.67 Å². The molecule has 2 N–H and O–H groups in total. The fourth-order valence-corrected chi connectivity index (χ4v) is 3.36. The van der Waals surface area contributed by atoms with E-state index in [1.54, 1.807) is 56.0 Å². The molecule has 0 unspecified atom stereocenters. The van der Waals surface area contributed by atoms with Gasteiger partial charge in [-0.2, -0.15) is 0 Å². The third-order valence-electron chi connectivity index (χ3n) is 5.22. The predicted octanol–water partition coefficient (Wildman–Crippen LogP) is 4.42. The average Bonchev–Trinajstić information content (AvgIpc) is 2.88. The molecule has 4 rings (SSSR count). The summed E-state index contributed by atoms with van der Waals surface area (Å²) in [5, 5.41) is 5.37. The summed E-state index contributed by atoms with van der Waals surface area (Å²) in [6.45, 7) is 2.78. The zero-order valence-corrected chi connectivity index (χ0v) is 19.4. The Morgan fingerprint density at radius 3 is 2.11 bits per heavy atom. The van der Waals surface area contributed by atoms with Crippen LogP contribution in [0, 0.1) is 0 Å². The number of pyridine rings is 4. The number of alkyl halides is 1. The minimum Gasteiger partial charge on any atom is -0.354 e. The Bertz CT molecular complexity index is 1400. The molecule has 9 heteroatoms. The highest BCUT2D eigenvalue weighted by Crippen LogP contribution is 2.26. The topological polar surface area (TPSA) is 110 Å². The summed E-state index contributed by atoms with van der Waals surface area (Å²) in [6, 6.07) is 13.5. The van der Waals surface area contributed by atoms with Crippen molar-refractivity contribution >= 4 is 17.5 Å². The molecule has 0 bridgehead atoms. The molecule has 176 valence electrons. The summed E-state index contributed by atoms with van der Waals surface area (Å²) in [6.07, 6.45) is 6.20. The number of carbonyl (C=O) groups excluding carboxylic acids is 2. The van der Waals surface area contributed by atoms with E-state index in [-0.39, 0.29) is 23.2 Å². The zero-order chi connectivity index (χ0) is 25.0. The van der Waals surface area contributed by atoms with Gasteiger partial charge in [0.15, 0.2) is 0 Å². The molecule has 0 aliphatic heterocycles. The van der Waals surface area contributed by atoms with Crippen molar-refractivity contribution in [2.75, 3.05) is 12.4 Å². The summed E-state index contributed by atoms with van der Waals surface area (Å²) in [4.78, 5) is 41.6. The lowest BCUT2D eigenvalue weighted by Gasteiger charge is -2.14. The summed E-state index contributed by atoms with van der Waals surface area (Å²) in [5.74, 6) is -0.673. The summed E-state index contributed by atoms with van der Waals surface area (Å²) >= 11 is 0. The third-order valence-corrected chi connectivity index (χ3v) is 5.22. The van der Waals surface area contributed by atoms with Crippen LogP contribution in [0.3, 0.4) is 0 Å². The Kier molecular flexibility index (Phi) is 6.59. The van der Waals surface area contributed by atoms with Gasteiger partial charge in [-0.25, -0.2) is 4.39 Å². The van der Waals surface area contributed by atoms with Crippen LogP contribution in [0.2, 0.25) is 0 Å². The largest absolute Gasteiger partial charge is 0.354 e. The van der Waals surface area contributed by atoms with Crippen molar-refractivity contribution in [3.8, 4) is 22.5 Å². The van der Waals surface area contributed by atoms with E-state index in [1.165, 1.54) is 32.2 Å². The monoisotopic (exact) mass is 470 g/mol. The molecule has 35 heavy (non-hydrogen) atoms. The summed E-state index contributed by atoms with van der Waals surface area (Å²) < 4.78 is 14.2. The van der Waals surface area contributed by atoms with Gasteiger partial charge in [0.2, 0.25) is 0 Å². The van der Waals surface area contributed by atoms with E-state index in [1.807, 2.05) is 6.07 Å². The van der Waals surface area contributed by atoms with Crippen LogP contribution in [0.15, 0.2) is 73.3 Å². The first kappa shape index (κ1) is 23.6. The van der Waals surface area contributed by atoms with Gasteiger partial charge in [0.1, 0.15) is 11.4 Å². The van der Waals surface area contributed by atoms with Crippen molar-refractivity contribution in [2.24, 2.45) is 0 Å². The maximum absolute atomic E-state index is 14.2. The Morgan fingerprint density at radius 2 is 1.40 bits per heavy atom. The number of hydrogen-bond acceptors (Lipinski definition) is 6. The van der Waals surface area contributed by atoms with Gasteiger partial charge in [-0.3, -0.25) is 29.5 Å². The van der Waals surface area contributed by atoms with Crippen LogP contribution >= 0.6 is 0 Å². The molecule has 4 aromatic heterocycles. The van der Waals surface area contributed by atoms with E-state index in [0.29, 0.717) is 22.6 Å². The van der Waals surface area contributed by atoms with Crippen molar-refractivity contribution in [1.29, 1.82) is 0 Å². The van der Waals surface area contributed by atoms with Crippen molar-refractivity contribution in [3.63, 3.8) is 0 Å². The molecule has 0 aliphatic rings. The van der Waals surface area contributed by atoms with Crippen LogP contribution in [0.25, 0.3) is 22.5 Å². The number of hydrogen-bond donors (Lipinski definition) is 2. The van der Waals surface area contributed by atoms with Gasteiger partial charge in [0.25, 0.3) is 11.8 Å². The lowest BCUT2D eigenvalue weighted by atomic mass is 10.0. The molecule has 0 atom stereocenters. The molecule has 0 aromatic carbocycles. The minimum atomic E-state index is -1.66. The Balaban J connectivity index is 1.58. The number of carbonyl (C=O) groups is 2. The Hall–Kier alpha value is -4.53. The fourth-order valence-electron chi connectivity index (χ4n) is 3.36. The first-order chi connectivity index (χ1) is 16.7. The number of nitrogens with one attached hydrogen (secondary N) is 2. The standard InChI is InChI=1S/C26H23FN6O2/c1-26(2,27)23-14-18(6-10-32-23)24(34)33-19-7-11-30-21(15-19)16-4-8-29-20(12-16)17-5-9-31-22(13-17)25(35)28-3/h4-15H,1-3H3,(H,28,35)(H,30,33,34). The number of halogens is 1. The van der Waals surface area contributed by atoms with Gasteiger partial charge in [-0.05, 0) is 62.4 Å². The van der Waals surface area contributed by atoms with Crippen molar-refractivity contribution < 1.29 is 14.0 Å². The predicted molar refractivity (Wildman–Crippen MR) is 130 cm³/mol. The van der Waals surface area contributed by atoms with Gasteiger partial charge in [0.05, 0.1) is 17.1 Å². The minimum absolute atomic E-state index is 0.181. The second-order valence-corrected chi connectivity index (χ2v) is 8.22. The maximum Gasteiger partial charge on any atom is 0.269 e. The molecule has 0 saturated heterocycles. The number of aromatic nitrogens is 4. The molecule has 8 nitrogen and oxygen atoms in total. The van der Waals surface area contributed by atoms with Gasteiger partial charge < -0.3 is 10.6 Å². The van der Waals surface area contributed by atoms with Crippen LogP contribution in [0.5, 0.6) is 0 Å². The smallest absolute Gasteiger partial charge is 0.269 e. The molecule has 0 radical (unpaired) electrons.